The van der Waals surface area contributed by atoms with Crippen molar-refractivity contribution in [3.8, 4) is 0 Å². The van der Waals surface area contributed by atoms with E-state index < -0.39 is 0 Å². The van der Waals surface area contributed by atoms with E-state index in [0.717, 1.165) is 0 Å². The Labute approximate surface area is 90.8 Å². The predicted molar refractivity (Wildman–Crippen MR) is 58.5 cm³/mol. The number of nitrogens with zero attached hydrogens (tertiary/aromatic N) is 1. The van der Waals surface area contributed by atoms with Gasteiger partial charge in [0, 0.05) is 17.0 Å². The van der Waals surface area contributed by atoms with Gasteiger partial charge in [0.1, 0.15) is 0 Å². The van der Waals surface area contributed by atoms with Gasteiger partial charge in [-0.1, -0.05) is 0 Å². The summed E-state index contributed by atoms with van der Waals surface area (Å²) in [5, 5.41) is 11.3. The molecule has 1 aliphatic heterocycles. The minimum atomic E-state index is -0.356. The van der Waals surface area contributed by atoms with E-state index in [2.05, 4.69) is 12.6 Å². The van der Waals surface area contributed by atoms with Gasteiger partial charge in [-0.3, -0.25) is 4.79 Å². The summed E-state index contributed by atoms with van der Waals surface area (Å²) >= 11 is 3.89. The molecule has 1 saturated heterocycles. The van der Waals surface area contributed by atoms with E-state index in [1.165, 1.54) is 5.06 Å². The van der Waals surface area contributed by atoms with Crippen LogP contribution in [0.3, 0.4) is 0 Å². The highest BCUT2D eigenvalue weighted by molar-refractivity contribution is 7.96. The maximum Gasteiger partial charge on any atom is 0.189 e. The van der Waals surface area contributed by atoms with Gasteiger partial charge in [-0.05, 0) is 40.5 Å². The number of hydrogen-bond donors (Lipinski definition) is 2. The highest BCUT2D eigenvalue weighted by Gasteiger charge is 2.46. The molecule has 3 nitrogen and oxygen atoms in total. The van der Waals surface area contributed by atoms with Gasteiger partial charge < -0.3 is 5.21 Å². The number of carbonyl (C=O) groups excluding carboxylic acids is 1. The lowest BCUT2D eigenvalue weighted by atomic mass is 9.76. The van der Waals surface area contributed by atoms with Crippen LogP contribution in [0.25, 0.3) is 0 Å². The summed E-state index contributed by atoms with van der Waals surface area (Å²) in [5.41, 5.74) is -0.713. The highest BCUT2D eigenvalue weighted by Crippen LogP contribution is 2.40. The van der Waals surface area contributed by atoms with Gasteiger partial charge in [0.15, 0.2) is 5.12 Å². The van der Waals surface area contributed by atoms with Crippen LogP contribution in [0.5, 0.6) is 0 Å². The number of hydrogen-bond acceptors (Lipinski definition) is 3. The molecule has 0 spiro atoms. The molecular weight excluding hydrogens is 198 g/mol. The molecule has 0 saturated carbocycles. The first-order valence-electron chi connectivity index (χ1n) is 4.89. The first kappa shape index (κ1) is 12.0. The smallest absolute Gasteiger partial charge is 0.189 e. The molecule has 1 aliphatic rings. The third-order valence-electron chi connectivity index (χ3n) is 2.99. The van der Waals surface area contributed by atoms with Crippen LogP contribution >= 0.6 is 12.6 Å². The molecule has 0 aliphatic carbocycles. The average Bonchev–Trinajstić information content (AvgIpc) is 1.98. The molecule has 1 fully saturated rings. The molecule has 0 aromatic carbocycles. The Morgan fingerprint density at radius 2 is 1.64 bits per heavy atom. The van der Waals surface area contributed by atoms with Gasteiger partial charge in [-0.2, -0.15) is 5.06 Å². The number of hydroxylamine groups is 2. The molecule has 0 aromatic heterocycles. The first-order chi connectivity index (χ1) is 6.17. The third kappa shape index (κ3) is 2.12. The fourth-order valence-corrected chi connectivity index (χ4v) is 2.63. The van der Waals surface area contributed by atoms with Crippen LogP contribution in [0.4, 0.5) is 0 Å². The molecule has 0 aromatic rings. The van der Waals surface area contributed by atoms with Crippen LogP contribution in [-0.2, 0) is 4.79 Å². The van der Waals surface area contributed by atoms with Crippen molar-refractivity contribution in [3.05, 3.63) is 0 Å². The van der Waals surface area contributed by atoms with Crippen molar-refractivity contribution in [2.24, 2.45) is 5.92 Å². The molecule has 1 heterocycles. The molecule has 0 radical (unpaired) electrons. The van der Waals surface area contributed by atoms with E-state index in [-0.39, 0.29) is 22.1 Å². The van der Waals surface area contributed by atoms with Crippen molar-refractivity contribution in [2.45, 2.75) is 51.6 Å². The maximum atomic E-state index is 11.2. The Balaban J connectivity index is 2.91. The third-order valence-corrected chi connectivity index (χ3v) is 3.35. The van der Waals surface area contributed by atoms with Gasteiger partial charge in [-0.25, -0.2) is 0 Å². The van der Waals surface area contributed by atoms with Crippen molar-refractivity contribution >= 4 is 17.7 Å². The molecule has 0 bridgehead atoms. The predicted octanol–water partition coefficient (Wildman–Crippen LogP) is 2.10. The van der Waals surface area contributed by atoms with E-state index in [9.17, 15) is 10.0 Å². The fraction of sp³-hybridized carbons (Fsp3) is 0.900. The van der Waals surface area contributed by atoms with E-state index >= 15 is 0 Å². The van der Waals surface area contributed by atoms with E-state index in [1.807, 2.05) is 27.7 Å². The zero-order chi connectivity index (χ0) is 11.1. The van der Waals surface area contributed by atoms with Crippen LogP contribution < -0.4 is 0 Å². The second-order valence-corrected chi connectivity index (χ2v) is 5.82. The summed E-state index contributed by atoms with van der Waals surface area (Å²) in [5.74, 6) is -0.0493. The van der Waals surface area contributed by atoms with Crippen molar-refractivity contribution in [1.29, 1.82) is 0 Å². The molecule has 0 atom stereocenters. The fourth-order valence-electron chi connectivity index (χ4n) is 2.45. The largest absolute Gasteiger partial charge is 0.313 e. The maximum absolute atomic E-state index is 11.2. The summed E-state index contributed by atoms with van der Waals surface area (Å²) in [6.07, 6.45) is 1.32. The number of carbonyl (C=O) groups is 1. The molecule has 0 amide bonds. The van der Waals surface area contributed by atoms with Gasteiger partial charge in [0.2, 0.25) is 0 Å². The van der Waals surface area contributed by atoms with Crippen LogP contribution in [0.15, 0.2) is 0 Å². The summed E-state index contributed by atoms with van der Waals surface area (Å²) in [6, 6.07) is 0. The Morgan fingerprint density at radius 3 is 1.93 bits per heavy atom. The summed E-state index contributed by atoms with van der Waals surface area (Å²) in [6.45, 7) is 7.77. The Kier molecular flexibility index (Phi) is 3.01. The second-order valence-electron chi connectivity index (χ2n) is 5.38. The topological polar surface area (TPSA) is 40.5 Å². The van der Waals surface area contributed by atoms with Crippen molar-refractivity contribution in [1.82, 2.24) is 5.06 Å². The van der Waals surface area contributed by atoms with Gasteiger partial charge in [0.25, 0.3) is 0 Å². The minimum absolute atomic E-state index is 0.0493. The summed E-state index contributed by atoms with van der Waals surface area (Å²) in [4.78, 5) is 11.2. The minimum Gasteiger partial charge on any atom is -0.313 e. The van der Waals surface area contributed by atoms with Crippen LogP contribution in [0.2, 0.25) is 0 Å². The van der Waals surface area contributed by atoms with Gasteiger partial charge >= 0.3 is 0 Å². The van der Waals surface area contributed by atoms with Crippen LogP contribution in [-0.4, -0.2) is 26.5 Å². The lowest BCUT2D eigenvalue weighted by Crippen LogP contribution is -2.59. The number of piperidine rings is 1. The average molecular weight is 217 g/mol. The van der Waals surface area contributed by atoms with E-state index in [1.54, 1.807) is 0 Å². The Morgan fingerprint density at radius 1 is 1.29 bits per heavy atom. The molecule has 0 unspecified atom stereocenters. The van der Waals surface area contributed by atoms with Crippen LogP contribution in [0.1, 0.15) is 40.5 Å². The standard InChI is InChI=1S/C10H19NO2S/c1-9(2)5-7(8(12)14)6-10(3,4)11(9)13/h7,13H,5-6H2,1-4H3,(H,12,14). The molecular formula is C10H19NO2S. The van der Waals surface area contributed by atoms with Gasteiger partial charge in [0.05, 0.1) is 0 Å². The zero-order valence-electron chi connectivity index (χ0n) is 9.24. The lowest BCUT2D eigenvalue weighted by molar-refractivity contribution is -0.248. The van der Waals surface area contributed by atoms with Crippen molar-refractivity contribution < 1.29 is 10.0 Å². The molecule has 1 rings (SSSR count). The van der Waals surface area contributed by atoms with Crippen molar-refractivity contribution in [3.63, 3.8) is 0 Å². The van der Waals surface area contributed by atoms with E-state index in [4.69, 9.17) is 0 Å². The number of rotatable bonds is 1. The lowest BCUT2D eigenvalue weighted by Gasteiger charge is -2.50. The quantitative estimate of drug-likeness (QED) is 0.661. The number of thiol groups is 1. The molecule has 14 heavy (non-hydrogen) atoms. The van der Waals surface area contributed by atoms with Crippen molar-refractivity contribution in [2.75, 3.05) is 0 Å². The summed E-state index contributed by atoms with van der Waals surface area (Å²) < 4.78 is 0. The van der Waals surface area contributed by atoms with E-state index in [0.29, 0.717) is 12.8 Å². The Bertz CT molecular complexity index is 233. The molecule has 1 N–H and O–H groups in total. The zero-order valence-corrected chi connectivity index (χ0v) is 10.1. The second kappa shape index (κ2) is 3.51. The SMILES string of the molecule is CC1(C)CC(C(=O)S)CC(C)(C)N1O. The monoisotopic (exact) mass is 217 g/mol. The van der Waals surface area contributed by atoms with Crippen LogP contribution in [0, 0.1) is 5.92 Å². The Hall–Kier alpha value is -0.0600. The molecule has 4 heteroatoms. The normalized spacial score (nSPS) is 27.6. The highest BCUT2D eigenvalue weighted by atomic mass is 32.1. The molecule has 82 valence electrons. The summed E-state index contributed by atoms with van der Waals surface area (Å²) in [7, 11) is 0. The first-order valence-corrected chi connectivity index (χ1v) is 5.33. The van der Waals surface area contributed by atoms with Gasteiger partial charge in [-0.15, -0.1) is 12.6 Å².